The molecular weight excluding hydrogens is 224 g/mol. The van der Waals surface area contributed by atoms with Gasteiger partial charge in [0, 0.05) is 12.0 Å². The molecule has 1 rings (SSSR count). The van der Waals surface area contributed by atoms with Gasteiger partial charge in [0.1, 0.15) is 0 Å². The van der Waals surface area contributed by atoms with E-state index in [4.69, 9.17) is 4.74 Å². The van der Waals surface area contributed by atoms with E-state index in [0.717, 1.165) is 12.8 Å². The number of esters is 1. The highest BCUT2D eigenvalue weighted by atomic mass is 16.5. The van der Waals surface area contributed by atoms with Crippen LogP contribution in [0.1, 0.15) is 37.8 Å². The van der Waals surface area contributed by atoms with E-state index in [1.807, 2.05) is 6.07 Å². The fraction of sp³-hybridized carbons (Fsp3) is 0.438. The van der Waals surface area contributed by atoms with Gasteiger partial charge in [0.25, 0.3) is 0 Å². The van der Waals surface area contributed by atoms with Crippen LogP contribution in [0.3, 0.4) is 0 Å². The molecule has 1 aromatic carbocycles. The van der Waals surface area contributed by atoms with Crippen molar-refractivity contribution >= 4 is 5.97 Å². The van der Waals surface area contributed by atoms with Crippen molar-refractivity contribution < 1.29 is 9.53 Å². The third-order valence-corrected chi connectivity index (χ3v) is 2.87. The molecule has 0 aliphatic heterocycles. The molecule has 0 bridgehead atoms. The molecule has 2 heteroatoms. The highest BCUT2D eigenvalue weighted by Gasteiger charge is 2.05. The van der Waals surface area contributed by atoms with Crippen LogP contribution in [0.25, 0.3) is 0 Å². The predicted octanol–water partition coefficient (Wildman–Crippen LogP) is 3.69. The Morgan fingerprint density at radius 2 is 1.83 bits per heavy atom. The minimum atomic E-state index is -0.305. The first-order valence-electron chi connectivity index (χ1n) is 6.54. The molecular formula is C16H22O2. The maximum absolute atomic E-state index is 11.3. The maximum Gasteiger partial charge on any atom is 0.333 e. The Hall–Kier alpha value is -1.57. The van der Waals surface area contributed by atoms with E-state index >= 15 is 0 Å². The standard InChI is InChI=1S/C16H22O2/c1-4-5-8-14-9-6-7-10-15(14)11-12-18-16(17)13(2)3/h6-7,9-10H,2,4-5,8,11-12H2,1,3H3. The van der Waals surface area contributed by atoms with Gasteiger partial charge >= 0.3 is 5.97 Å². The van der Waals surface area contributed by atoms with Crippen molar-refractivity contribution in [3.63, 3.8) is 0 Å². The van der Waals surface area contributed by atoms with Crippen molar-refractivity contribution in [2.45, 2.75) is 39.5 Å². The molecule has 98 valence electrons. The van der Waals surface area contributed by atoms with Crippen LogP contribution >= 0.6 is 0 Å². The van der Waals surface area contributed by atoms with E-state index in [0.29, 0.717) is 12.2 Å². The second kappa shape index (κ2) is 7.70. The molecule has 0 aromatic heterocycles. The van der Waals surface area contributed by atoms with Crippen molar-refractivity contribution in [2.24, 2.45) is 0 Å². The number of carbonyl (C=O) groups excluding carboxylic acids is 1. The Labute approximate surface area is 110 Å². The molecule has 0 N–H and O–H groups in total. The van der Waals surface area contributed by atoms with Crippen LogP contribution in [0.15, 0.2) is 36.4 Å². The fourth-order valence-electron chi connectivity index (χ4n) is 1.79. The normalized spacial score (nSPS) is 10.1. The quantitative estimate of drug-likeness (QED) is 0.542. The van der Waals surface area contributed by atoms with Gasteiger partial charge in [0.15, 0.2) is 0 Å². The highest BCUT2D eigenvalue weighted by Crippen LogP contribution is 2.13. The molecule has 0 heterocycles. The lowest BCUT2D eigenvalue weighted by atomic mass is 10.0. The second-order valence-electron chi connectivity index (χ2n) is 4.54. The molecule has 2 nitrogen and oxygen atoms in total. The topological polar surface area (TPSA) is 26.3 Å². The fourth-order valence-corrected chi connectivity index (χ4v) is 1.79. The molecule has 0 aliphatic rings. The number of hydrogen-bond acceptors (Lipinski definition) is 2. The molecule has 0 amide bonds. The van der Waals surface area contributed by atoms with Gasteiger partial charge in [-0.25, -0.2) is 4.79 Å². The van der Waals surface area contributed by atoms with Crippen LogP contribution in [-0.4, -0.2) is 12.6 Å². The summed E-state index contributed by atoms with van der Waals surface area (Å²) in [4.78, 5) is 11.3. The van der Waals surface area contributed by atoms with Gasteiger partial charge in [-0.15, -0.1) is 0 Å². The third-order valence-electron chi connectivity index (χ3n) is 2.87. The molecule has 0 atom stereocenters. The number of rotatable bonds is 7. The lowest BCUT2D eigenvalue weighted by Crippen LogP contribution is -2.09. The lowest BCUT2D eigenvalue weighted by molar-refractivity contribution is -0.138. The number of hydrogen-bond donors (Lipinski definition) is 0. The average Bonchev–Trinajstić information content (AvgIpc) is 2.37. The summed E-state index contributed by atoms with van der Waals surface area (Å²) in [5, 5.41) is 0. The smallest absolute Gasteiger partial charge is 0.333 e. The Bertz CT molecular complexity index is 407. The summed E-state index contributed by atoms with van der Waals surface area (Å²) in [5.41, 5.74) is 3.10. The molecule has 0 saturated carbocycles. The van der Waals surface area contributed by atoms with E-state index in [-0.39, 0.29) is 5.97 Å². The number of unbranched alkanes of at least 4 members (excludes halogenated alkanes) is 1. The average molecular weight is 246 g/mol. The van der Waals surface area contributed by atoms with E-state index in [9.17, 15) is 4.79 Å². The Kier molecular flexibility index (Phi) is 6.20. The lowest BCUT2D eigenvalue weighted by Gasteiger charge is -2.09. The number of aryl methyl sites for hydroxylation is 1. The van der Waals surface area contributed by atoms with Crippen molar-refractivity contribution in [3.05, 3.63) is 47.5 Å². The minimum Gasteiger partial charge on any atom is -0.462 e. The van der Waals surface area contributed by atoms with E-state index in [1.54, 1.807) is 6.92 Å². The first-order chi connectivity index (χ1) is 8.65. The van der Waals surface area contributed by atoms with Gasteiger partial charge in [0.2, 0.25) is 0 Å². The summed E-state index contributed by atoms with van der Waals surface area (Å²) in [6, 6.07) is 8.37. The van der Waals surface area contributed by atoms with Crippen LogP contribution in [0.2, 0.25) is 0 Å². The monoisotopic (exact) mass is 246 g/mol. The zero-order valence-corrected chi connectivity index (χ0v) is 11.4. The summed E-state index contributed by atoms with van der Waals surface area (Å²) in [6.45, 7) is 7.85. The largest absolute Gasteiger partial charge is 0.462 e. The van der Waals surface area contributed by atoms with Crippen molar-refractivity contribution in [1.82, 2.24) is 0 Å². The molecule has 0 fully saturated rings. The highest BCUT2D eigenvalue weighted by molar-refractivity contribution is 5.86. The minimum absolute atomic E-state index is 0.305. The summed E-state index contributed by atoms with van der Waals surface area (Å²) in [7, 11) is 0. The van der Waals surface area contributed by atoms with Gasteiger partial charge in [-0.2, -0.15) is 0 Å². The summed E-state index contributed by atoms with van der Waals surface area (Å²) in [6.07, 6.45) is 4.27. The molecule has 0 saturated heterocycles. The Balaban J connectivity index is 2.50. The van der Waals surface area contributed by atoms with Crippen molar-refractivity contribution in [2.75, 3.05) is 6.61 Å². The Morgan fingerprint density at radius 1 is 1.22 bits per heavy atom. The molecule has 0 spiro atoms. The summed E-state index contributed by atoms with van der Waals surface area (Å²) >= 11 is 0. The van der Waals surface area contributed by atoms with E-state index in [2.05, 4.69) is 31.7 Å². The molecule has 0 aliphatic carbocycles. The van der Waals surface area contributed by atoms with E-state index in [1.165, 1.54) is 24.0 Å². The van der Waals surface area contributed by atoms with Crippen molar-refractivity contribution in [3.8, 4) is 0 Å². The van der Waals surface area contributed by atoms with Crippen LogP contribution in [0.4, 0.5) is 0 Å². The van der Waals surface area contributed by atoms with Gasteiger partial charge in [-0.3, -0.25) is 0 Å². The zero-order valence-electron chi connectivity index (χ0n) is 11.4. The van der Waals surface area contributed by atoms with E-state index < -0.39 is 0 Å². The van der Waals surface area contributed by atoms with Gasteiger partial charge < -0.3 is 4.74 Å². The summed E-state index contributed by atoms with van der Waals surface area (Å²) < 4.78 is 5.13. The van der Waals surface area contributed by atoms with Crippen LogP contribution in [-0.2, 0) is 22.4 Å². The SMILES string of the molecule is C=C(C)C(=O)OCCc1ccccc1CCCC. The van der Waals surface area contributed by atoms with Gasteiger partial charge in [-0.05, 0) is 30.9 Å². The molecule has 1 aromatic rings. The molecule has 18 heavy (non-hydrogen) atoms. The first-order valence-corrected chi connectivity index (χ1v) is 6.54. The number of benzene rings is 1. The maximum atomic E-state index is 11.3. The van der Waals surface area contributed by atoms with Crippen LogP contribution in [0.5, 0.6) is 0 Å². The molecule has 0 radical (unpaired) electrons. The predicted molar refractivity (Wildman–Crippen MR) is 74.5 cm³/mol. The van der Waals surface area contributed by atoms with Crippen LogP contribution in [0, 0.1) is 0 Å². The third kappa shape index (κ3) is 4.74. The van der Waals surface area contributed by atoms with Crippen molar-refractivity contribution in [1.29, 1.82) is 0 Å². The summed E-state index contributed by atoms with van der Waals surface area (Å²) in [5.74, 6) is -0.305. The zero-order chi connectivity index (χ0) is 13.4. The number of ether oxygens (including phenoxy) is 1. The second-order valence-corrected chi connectivity index (χ2v) is 4.54. The first kappa shape index (κ1) is 14.5. The van der Waals surface area contributed by atoms with Crippen LogP contribution < -0.4 is 0 Å². The molecule has 0 unspecified atom stereocenters. The number of carbonyl (C=O) groups is 1. The van der Waals surface area contributed by atoms with Gasteiger partial charge in [-0.1, -0.05) is 44.2 Å². The Morgan fingerprint density at radius 3 is 2.39 bits per heavy atom. The van der Waals surface area contributed by atoms with Gasteiger partial charge in [0.05, 0.1) is 6.61 Å².